The van der Waals surface area contributed by atoms with Gasteiger partial charge >= 0.3 is 5.97 Å². The zero-order chi connectivity index (χ0) is 25.4. The molecular weight excluding hydrogens is 488 g/mol. The molecule has 2 aromatic heterocycles. The largest absolute Gasteiger partial charge is 0.462 e. The lowest BCUT2D eigenvalue weighted by Crippen LogP contribution is -2.16. The van der Waals surface area contributed by atoms with E-state index in [1.165, 1.54) is 11.3 Å². The van der Waals surface area contributed by atoms with E-state index in [9.17, 15) is 9.59 Å². The van der Waals surface area contributed by atoms with E-state index in [0.29, 0.717) is 45.4 Å². The number of aryl methyl sites for hydroxylation is 1. The van der Waals surface area contributed by atoms with E-state index in [2.05, 4.69) is 5.32 Å². The molecule has 1 amide bonds. The zero-order valence-corrected chi connectivity index (χ0v) is 21.3. The number of thiophene rings is 1. The van der Waals surface area contributed by atoms with Gasteiger partial charge in [-0.1, -0.05) is 25.1 Å². The Balaban J connectivity index is 1.40. The molecule has 1 aliphatic heterocycles. The molecule has 0 fully saturated rings. The Morgan fingerprint density at radius 2 is 1.89 bits per heavy atom. The van der Waals surface area contributed by atoms with Gasteiger partial charge in [0.1, 0.15) is 5.00 Å². The molecule has 1 aliphatic carbocycles. The lowest BCUT2D eigenvalue weighted by Gasteiger charge is -2.13. The van der Waals surface area contributed by atoms with Crippen LogP contribution in [-0.2, 0) is 17.6 Å². The first-order valence-corrected chi connectivity index (χ1v) is 13.4. The molecule has 0 unspecified atom stereocenters. The van der Waals surface area contributed by atoms with Gasteiger partial charge in [0.05, 0.1) is 28.9 Å². The van der Waals surface area contributed by atoms with E-state index in [1.807, 2.05) is 49.4 Å². The molecule has 0 atom stereocenters. The number of carbonyl (C=O) groups excluding carboxylic acids is 2. The summed E-state index contributed by atoms with van der Waals surface area (Å²) in [4.78, 5) is 32.8. The van der Waals surface area contributed by atoms with Gasteiger partial charge in [-0.15, -0.1) is 11.3 Å². The van der Waals surface area contributed by atoms with Crippen LogP contribution in [-0.4, -0.2) is 30.3 Å². The van der Waals surface area contributed by atoms with Crippen LogP contribution in [0.25, 0.3) is 22.2 Å². The van der Waals surface area contributed by atoms with Crippen LogP contribution >= 0.6 is 11.3 Å². The SMILES string of the molecule is CCCOC(=O)c1c(NC(=O)c2cc(-c3ccc4c(c3)OCO4)nc3ccccc23)sc2c1CCCC2. The van der Waals surface area contributed by atoms with Crippen molar-refractivity contribution < 1.29 is 23.8 Å². The fraction of sp³-hybridized carbons (Fsp3) is 0.276. The lowest BCUT2D eigenvalue weighted by molar-refractivity contribution is 0.0505. The minimum Gasteiger partial charge on any atom is -0.462 e. The Morgan fingerprint density at radius 3 is 2.78 bits per heavy atom. The van der Waals surface area contributed by atoms with Crippen molar-refractivity contribution in [3.63, 3.8) is 0 Å². The molecule has 0 bridgehead atoms. The highest BCUT2D eigenvalue weighted by molar-refractivity contribution is 7.17. The topological polar surface area (TPSA) is 86.8 Å². The highest BCUT2D eigenvalue weighted by Gasteiger charge is 2.28. The van der Waals surface area contributed by atoms with Gasteiger partial charge in [-0.3, -0.25) is 4.79 Å². The van der Waals surface area contributed by atoms with Crippen LogP contribution < -0.4 is 14.8 Å². The van der Waals surface area contributed by atoms with Crippen LogP contribution in [0.1, 0.15) is 57.3 Å². The summed E-state index contributed by atoms with van der Waals surface area (Å²) in [5, 5.41) is 4.36. The van der Waals surface area contributed by atoms with Gasteiger partial charge in [0.15, 0.2) is 11.5 Å². The summed E-state index contributed by atoms with van der Waals surface area (Å²) in [6, 6.07) is 15.0. The molecular formula is C29H26N2O5S. The Labute approximate surface area is 218 Å². The second-order valence-electron chi connectivity index (χ2n) is 9.15. The fourth-order valence-corrected chi connectivity index (χ4v) is 6.15. The number of amides is 1. The van der Waals surface area contributed by atoms with E-state index < -0.39 is 0 Å². The van der Waals surface area contributed by atoms with Crippen molar-refractivity contribution in [2.24, 2.45) is 0 Å². The van der Waals surface area contributed by atoms with Crippen LogP contribution in [0, 0.1) is 0 Å². The standard InChI is InChI=1S/C29H26N2O5S/c1-2-13-34-29(33)26-19-8-4-6-10-25(19)37-28(26)31-27(32)20-15-22(30-21-9-5-3-7-18(20)21)17-11-12-23-24(14-17)36-16-35-23/h3,5,7,9,11-12,14-15H,2,4,6,8,10,13,16H2,1H3,(H,31,32). The maximum atomic E-state index is 13.8. The predicted molar refractivity (Wildman–Crippen MR) is 143 cm³/mol. The second kappa shape index (κ2) is 9.86. The normalized spacial score (nSPS) is 13.9. The molecule has 188 valence electrons. The van der Waals surface area contributed by atoms with Crippen LogP contribution in [0.5, 0.6) is 11.5 Å². The van der Waals surface area contributed by atoms with E-state index in [4.69, 9.17) is 19.2 Å². The minimum absolute atomic E-state index is 0.186. The highest BCUT2D eigenvalue weighted by Crippen LogP contribution is 2.40. The average molecular weight is 515 g/mol. The molecule has 0 spiro atoms. The Kier molecular flexibility index (Phi) is 6.26. The molecule has 7 nitrogen and oxygen atoms in total. The van der Waals surface area contributed by atoms with Gasteiger partial charge in [-0.2, -0.15) is 0 Å². The molecule has 8 heteroatoms. The molecule has 0 radical (unpaired) electrons. The van der Waals surface area contributed by atoms with Crippen LogP contribution in [0.4, 0.5) is 5.00 Å². The van der Waals surface area contributed by atoms with E-state index in [-0.39, 0.29) is 18.7 Å². The number of benzene rings is 2. The van der Waals surface area contributed by atoms with Crippen molar-refractivity contribution in [1.29, 1.82) is 0 Å². The highest BCUT2D eigenvalue weighted by atomic mass is 32.1. The van der Waals surface area contributed by atoms with Crippen LogP contribution in [0.2, 0.25) is 0 Å². The minimum atomic E-state index is -0.364. The zero-order valence-electron chi connectivity index (χ0n) is 20.5. The van der Waals surface area contributed by atoms with Gasteiger partial charge in [0.25, 0.3) is 5.91 Å². The van der Waals surface area contributed by atoms with Crippen LogP contribution in [0.3, 0.4) is 0 Å². The molecule has 0 saturated carbocycles. The van der Waals surface area contributed by atoms with Crippen LogP contribution in [0.15, 0.2) is 48.5 Å². The number of nitrogens with zero attached hydrogens (tertiary/aromatic N) is 1. The summed E-state index contributed by atoms with van der Waals surface area (Å²) in [6.07, 6.45) is 4.59. The van der Waals surface area contributed by atoms with Crippen molar-refractivity contribution in [3.8, 4) is 22.8 Å². The number of para-hydroxylation sites is 1. The first kappa shape index (κ1) is 23.5. The monoisotopic (exact) mass is 514 g/mol. The first-order chi connectivity index (χ1) is 18.1. The summed E-state index contributed by atoms with van der Waals surface area (Å²) in [5.41, 5.74) is 4.19. The third kappa shape index (κ3) is 4.42. The molecule has 37 heavy (non-hydrogen) atoms. The number of carbonyl (C=O) groups is 2. The van der Waals surface area contributed by atoms with Crippen molar-refractivity contribution in [2.75, 3.05) is 18.7 Å². The third-order valence-corrected chi connectivity index (χ3v) is 7.88. The first-order valence-electron chi connectivity index (χ1n) is 12.5. The van der Waals surface area contributed by atoms with Gasteiger partial charge in [0.2, 0.25) is 6.79 Å². The number of anilines is 1. The van der Waals surface area contributed by atoms with Crippen molar-refractivity contribution >= 4 is 39.1 Å². The Bertz CT molecular complexity index is 1530. The summed E-state index contributed by atoms with van der Waals surface area (Å²) in [6.45, 7) is 2.50. The van der Waals surface area contributed by atoms with Crippen molar-refractivity contribution in [2.45, 2.75) is 39.0 Å². The van der Waals surface area contributed by atoms with Crippen molar-refractivity contribution in [3.05, 3.63) is 70.1 Å². The molecule has 3 heterocycles. The smallest absolute Gasteiger partial charge is 0.341 e. The number of rotatable bonds is 6. The maximum absolute atomic E-state index is 13.8. The summed E-state index contributed by atoms with van der Waals surface area (Å²) < 4.78 is 16.5. The number of hydrogen-bond acceptors (Lipinski definition) is 7. The summed E-state index contributed by atoms with van der Waals surface area (Å²) in [7, 11) is 0. The molecule has 2 aliphatic rings. The second-order valence-corrected chi connectivity index (χ2v) is 10.3. The third-order valence-electron chi connectivity index (χ3n) is 6.67. The lowest BCUT2D eigenvalue weighted by atomic mass is 9.95. The van der Waals surface area contributed by atoms with Gasteiger partial charge in [-0.05, 0) is 68.0 Å². The van der Waals surface area contributed by atoms with Gasteiger partial charge in [-0.25, -0.2) is 9.78 Å². The van der Waals surface area contributed by atoms with E-state index in [1.54, 1.807) is 6.07 Å². The number of hydrogen-bond donors (Lipinski definition) is 1. The van der Waals surface area contributed by atoms with E-state index in [0.717, 1.165) is 53.5 Å². The number of ether oxygens (including phenoxy) is 3. The Morgan fingerprint density at radius 1 is 1.05 bits per heavy atom. The van der Waals surface area contributed by atoms with E-state index >= 15 is 0 Å². The van der Waals surface area contributed by atoms with Gasteiger partial charge < -0.3 is 19.5 Å². The quantitative estimate of drug-likeness (QED) is 0.300. The number of fused-ring (bicyclic) bond motifs is 3. The Hall–Kier alpha value is -3.91. The number of aromatic nitrogens is 1. The maximum Gasteiger partial charge on any atom is 0.341 e. The summed E-state index contributed by atoms with van der Waals surface area (Å²) >= 11 is 1.49. The average Bonchev–Trinajstić information content (AvgIpc) is 3.54. The molecule has 6 rings (SSSR count). The predicted octanol–water partition coefficient (Wildman–Crippen LogP) is 6.39. The van der Waals surface area contributed by atoms with Crippen molar-refractivity contribution in [1.82, 2.24) is 4.98 Å². The van der Waals surface area contributed by atoms with Gasteiger partial charge in [0, 0.05) is 15.8 Å². The summed E-state index contributed by atoms with van der Waals surface area (Å²) in [5.74, 6) is 0.686. The number of nitrogens with one attached hydrogen (secondary N) is 1. The number of pyridine rings is 1. The molecule has 0 saturated heterocycles. The number of esters is 1. The molecule has 4 aromatic rings. The fourth-order valence-electron chi connectivity index (χ4n) is 4.87. The molecule has 1 N–H and O–H groups in total. The molecule has 2 aromatic carbocycles.